The fourth-order valence-electron chi connectivity index (χ4n) is 0.516. The minimum absolute atomic E-state index is 0.0305. The highest BCUT2D eigenvalue weighted by molar-refractivity contribution is 8.16. The van der Waals surface area contributed by atoms with Gasteiger partial charge in [0, 0.05) is 39.7 Å². The Morgan fingerprint density at radius 3 is 1.36 bits per heavy atom. The molecule has 2 amide bonds. The van der Waals surface area contributed by atoms with Crippen LogP contribution in [0.25, 0.3) is 0 Å². The highest BCUT2D eigenvalue weighted by atomic mass is 32.2. The summed E-state index contributed by atoms with van der Waals surface area (Å²) in [6, 6.07) is 0. The molecule has 0 aromatic carbocycles. The Labute approximate surface area is 93.4 Å². The van der Waals surface area contributed by atoms with Crippen LogP contribution in [0.2, 0.25) is 0 Å². The Hall–Kier alpha value is -0.360. The number of rotatable bonds is 3. The van der Waals surface area contributed by atoms with E-state index in [2.05, 4.69) is 0 Å². The molecule has 0 spiro atoms. The maximum atomic E-state index is 11.1. The van der Waals surface area contributed by atoms with E-state index in [1.54, 1.807) is 28.2 Å². The molecule has 0 aliphatic heterocycles. The van der Waals surface area contributed by atoms with Crippen molar-refractivity contribution in [3.05, 3.63) is 0 Å². The van der Waals surface area contributed by atoms with Crippen molar-refractivity contribution in [1.82, 2.24) is 9.80 Å². The molecular weight excluding hydrogens is 220 g/mol. The molecule has 0 fully saturated rings. The molecule has 82 valence electrons. The van der Waals surface area contributed by atoms with E-state index >= 15 is 0 Å². The molecule has 0 N–H and O–H groups in total. The molecule has 0 atom stereocenters. The van der Waals surface area contributed by atoms with Crippen LogP contribution in [0.3, 0.4) is 0 Å². The molecule has 0 unspecified atom stereocenters. The normalized spacial score (nSPS) is 9.71. The molecule has 0 aliphatic rings. The standard InChI is InChI=1S/C8H16N2O2S2/c1-9(2)7(11)13-5-6-14-8(12)10(3)4/h5-6H2,1-4H3. The second-order valence-corrected chi connectivity index (χ2v) is 5.11. The Morgan fingerprint density at radius 2 is 1.14 bits per heavy atom. The number of amides is 2. The van der Waals surface area contributed by atoms with Crippen LogP contribution in [0.15, 0.2) is 0 Å². The van der Waals surface area contributed by atoms with Gasteiger partial charge in [0.25, 0.3) is 10.5 Å². The first-order valence-corrected chi connectivity index (χ1v) is 6.10. The molecule has 0 aromatic rings. The van der Waals surface area contributed by atoms with Crippen molar-refractivity contribution >= 4 is 34.0 Å². The van der Waals surface area contributed by atoms with Crippen molar-refractivity contribution in [3.63, 3.8) is 0 Å². The lowest BCUT2D eigenvalue weighted by molar-refractivity contribution is 0.240. The van der Waals surface area contributed by atoms with Crippen LogP contribution in [0.5, 0.6) is 0 Å². The zero-order valence-electron chi connectivity index (χ0n) is 8.94. The number of carbonyl (C=O) groups excluding carboxylic acids is 2. The summed E-state index contributed by atoms with van der Waals surface area (Å²) in [6.07, 6.45) is 0. The molecular formula is C8H16N2O2S2. The van der Waals surface area contributed by atoms with Crippen LogP contribution in [-0.2, 0) is 0 Å². The second-order valence-electron chi connectivity index (χ2n) is 3.02. The van der Waals surface area contributed by atoms with Gasteiger partial charge in [-0.05, 0) is 0 Å². The zero-order chi connectivity index (χ0) is 11.1. The van der Waals surface area contributed by atoms with Crippen LogP contribution in [-0.4, -0.2) is 60.0 Å². The van der Waals surface area contributed by atoms with E-state index in [1.807, 2.05) is 0 Å². The molecule has 0 radical (unpaired) electrons. The molecule has 0 aliphatic carbocycles. The van der Waals surface area contributed by atoms with Crippen molar-refractivity contribution in [2.24, 2.45) is 0 Å². The number of hydrogen-bond donors (Lipinski definition) is 0. The smallest absolute Gasteiger partial charge is 0.281 e. The summed E-state index contributed by atoms with van der Waals surface area (Å²) in [6.45, 7) is 0. The predicted molar refractivity (Wildman–Crippen MR) is 63.1 cm³/mol. The third kappa shape index (κ3) is 6.15. The first kappa shape index (κ1) is 13.6. The summed E-state index contributed by atoms with van der Waals surface area (Å²) in [4.78, 5) is 25.3. The molecule has 14 heavy (non-hydrogen) atoms. The minimum atomic E-state index is 0.0305. The first-order chi connectivity index (χ1) is 6.45. The van der Waals surface area contributed by atoms with Crippen LogP contribution >= 0.6 is 23.5 Å². The van der Waals surface area contributed by atoms with E-state index in [0.29, 0.717) is 11.5 Å². The van der Waals surface area contributed by atoms with Crippen LogP contribution in [0.4, 0.5) is 9.59 Å². The van der Waals surface area contributed by atoms with Gasteiger partial charge in [0.15, 0.2) is 0 Å². The van der Waals surface area contributed by atoms with E-state index in [9.17, 15) is 9.59 Å². The van der Waals surface area contributed by atoms with E-state index < -0.39 is 0 Å². The zero-order valence-corrected chi connectivity index (χ0v) is 10.6. The quantitative estimate of drug-likeness (QED) is 0.701. The SMILES string of the molecule is CN(C)C(=O)SCCSC(=O)N(C)C. The molecule has 0 heterocycles. The largest absolute Gasteiger partial charge is 0.340 e. The van der Waals surface area contributed by atoms with Gasteiger partial charge in [-0.25, -0.2) is 0 Å². The molecule has 0 saturated carbocycles. The molecule has 4 nitrogen and oxygen atoms in total. The lowest BCUT2D eigenvalue weighted by Crippen LogP contribution is -2.18. The first-order valence-electron chi connectivity index (χ1n) is 4.13. The van der Waals surface area contributed by atoms with Crippen molar-refractivity contribution < 1.29 is 9.59 Å². The summed E-state index contributed by atoms with van der Waals surface area (Å²) in [5, 5.41) is 0.0609. The highest BCUT2D eigenvalue weighted by Crippen LogP contribution is 2.11. The average Bonchev–Trinajstić information content (AvgIpc) is 2.11. The minimum Gasteiger partial charge on any atom is -0.340 e. The Balaban J connectivity index is 3.48. The van der Waals surface area contributed by atoms with Gasteiger partial charge >= 0.3 is 0 Å². The van der Waals surface area contributed by atoms with Crippen molar-refractivity contribution in [1.29, 1.82) is 0 Å². The van der Waals surface area contributed by atoms with Crippen molar-refractivity contribution in [2.75, 3.05) is 39.7 Å². The van der Waals surface area contributed by atoms with Gasteiger partial charge in [-0.15, -0.1) is 0 Å². The lowest BCUT2D eigenvalue weighted by atomic mass is 10.9. The summed E-state index contributed by atoms with van der Waals surface area (Å²) in [7, 11) is 6.86. The van der Waals surface area contributed by atoms with Crippen LogP contribution in [0, 0.1) is 0 Å². The lowest BCUT2D eigenvalue weighted by Gasteiger charge is -2.10. The second kappa shape index (κ2) is 7.00. The van der Waals surface area contributed by atoms with Gasteiger partial charge in [-0.2, -0.15) is 0 Å². The van der Waals surface area contributed by atoms with E-state index in [1.165, 1.54) is 33.3 Å². The summed E-state index contributed by atoms with van der Waals surface area (Å²) in [5.41, 5.74) is 0. The number of thioether (sulfide) groups is 2. The average molecular weight is 236 g/mol. The maximum Gasteiger partial charge on any atom is 0.281 e. The van der Waals surface area contributed by atoms with E-state index in [0.717, 1.165) is 0 Å². The fourth-order valence-corrected chi connectivity index (χ4v) is 2.05. The Kier molecular flexibility index (Phi) is 6.82. The van der Waals surface area contributed by atoms with Gasteiger partial charge in [0.05, 0.1) is 0 Å². The highest BCUT2D eigenvalue weighted by Gasteiger charge is 2.07. The summed E-state index contributed by atoms with van der Waals surface area (Å²) in [5.74, 6) is 1.34. The van der Waals surface area contributed by atoms with Crippen LogP contribution in [0.1, 0.15) is 0 Å². The monoisotopic (exact) mass is 236 g/mol. The fraction of sp³-hybridized carbons (Fsp3) is 0.750. The van der Waals surface area contributed by atoms with Gasteiger partial charge in [-0.3, -0.25) is 9.59 Å². The predicted octanol–water partition coefficient (Wildman–Crippen LogP) is 1.82. The van der Waals surface area contributed by atoms with Gasteiger partial charge < -0.3 is 9.80 Å². The maximum absolute atomic E-state index is 11.1. The van der Waals surface area contributed by atoms with E-state index in [4.69, 9.17) is 0 Å². The number of carbonyl (C=O) groups is 2. The molecule has 0 saturated heterocycles. The summed E-state index contributed by atoms with van der Waals surface area (Å²) < 4.78 is 0. The topological polar surface area (TPSA) is 40.6 Å². The molecule has 0 bridgehead atoms. The number of nitrogens with zero attached hydrogens (tertiary/aromatic N) is 2. The van der Waals surface area contributed by atoms with E-state index in [-0.39, 0.29) is 10.5 Å². The van der Waals surface area contributed by atoms with Crippen molar-refractivity contribution in [3.8, 4) is 0 Å². The summed E-state index contributed by atoms with van der Waals surface area (Å²) >= 11 is 2.47. The molecule has 0 aromatic heterocycles. The molecule has 6 heteroatoms. The Morgan fingerprint density at radius 1 is 0.857 bits per heavy atom. The van der Waals surface area contributed by atoms with Crippen LogP contribution < -0.4 is 0 Å². The van der Waals surface area contributed by atoms with Gasteiger partial charge in [-0.1, -0.05) is 23.5 Å². The Bertz CT molecular complexity index is 186. The van der Waals surface area contributed by atoms with Gasteiger partial charge in [0.1, 0.15) is 0 Å². The third-order valence-electron chi connectivity index (χ3n) is 1.26. The number of hydrogen-bond acceptors (Lipinski definition) is 4. The van der Waals surface area contributed by atoms with Crippen molar-refractivity contribution in [2.45, 2.75) is 0 Å². The molecule has 0 rings (SSSR count). The van der Waals surface area contributed by atoms with Gasteiger partial charge in [0.2, 0.25) is 0 Å². The third-order valence-corrected chi connectivity index (χ3v) is 3.56.